The second kappa shape index (κ2) is 6.21. The average molecular weight is 282 g/mol. The Balaban J connectivity index is 2.04. The molecule has 0 spiro atoms. The van der Waals surface area contributed by atoms with Crippen LogP contribution in [0.5, 0.6) is 0 Å². The summed E-state index contributed by atoms with van der Waals surface area (Å²) >= 11 is 1.62. The maximum absolute atomic E-state index is 13.2. The van der Waals surface area contributed by atoms with E-state index in [1.807, 2.05) is 19.4 Å². The van der Waals surface area contributed by atoms with Crippen LogP contribution in [0.4, 0.5) is 8.78 Å². The molecule has 0 amide bonds. The molecule has 0 fully saturated rings. The van der Waals surface area contributed by atoms with Gasteiger partial charge in [-0.05, 0) is 38.1 Å². The Morgan fingerprint density at radius 3 is 2.63 bits per heavy atom. The Morgan fingerprint density at radius 2 is 2.05 bits per heavy atom. The largest absolute Gasteiger partial charge is 0.316 e. The first kappa shape index (κ1) is 14.1. The van der Waals surface area contributed by atoms with E-state index < -0.39 is 11.6 Å². The molecule has 1 aromatic heterocycles. The first-order valence-electron chi connectivity index (χ1n) is 6.10. The number of rotatable bonds is 5. The highest BCUT2D eigenvalue weighted by Gasteiger charge is 2.12. The Morgan fingerprint density at radius 1 is 1.26 bits per heavy atom. The van der Waals surface area contributed by atoms with E-state index >= 15 is 0 Å². The Kier molecular flexibility index (Phi) is 4.61. The summed E-state index contributed by atoms with van der Waals surface area (Å²) in [6.07, 6.45) is 1.42. The van der Waals surface area contributed by atoms with Gasteiger partial charge in [0.25, 0.3) is 0 Å². The maximum atomic E-state index is 13.2. The number of benzene rings is 1. The molecule has 2 aromatic rings. The van der Waals surface area contributed by atoms with Gasteiger partial charge in [-0.1, -0.05) is 6.07 Å². The van der Waals surface area contributed by atoms with Gasteiger partial charge in [0.05, 0.1) is 10.7 Å². The third-order valence-corrected chi connectivity index (χ3v) is 3.82. The lowest BCUT2D eigenvalue weighted by molar-refractivity contribution is 0.502. The molecule has 0 aliphatic rings. The molecule has 1 heterocycles. The van der Waals surface area contributed by atoms with Crippen LogP contribution in [0.1, 0.15) is 16.3 Å². The van der Waals surface area contributed by atoms with Crippen molar-refractivity contribution in [2.75, 3.05) is 7.05 Å². The molecule has 1 atom stereocenters. The molecule has 1 N–H and O–H groups in total. The van der Waals surface area contributed by atoms with E-state index in [9.17, 15) is 8.78 Å². The van der Waals surface area contributed by atoms with Gasteiger partial charge in [-0.15, -0.1) is 11.3 Å². The highest BCUT2D eigenvalue weighted by molar-refractivity contribution is 7.09. The fourth-order valence-electron chi connectivity index (χ4n) is 1.98. The number of likely N-dealkylation sites (N-methyl/N-ethyl adjacent to an activating group) is 1. The van der Waals surface area contributed by atoms with Crippen LogP contribution in [0.15, 0.2) is 23.6 Å². The van der Waals surface area contributed by atoms with Crippen molar-refractivity contribution in [1.82, 2.24) is 10.3 Å². The van der Waals surface area contributed by atoms with E-state index in [-0.39, 0.29) is 6.04 Å². The summed E-state index contributed by atoms with van der Waals surface area (Å²) in [6.45, 7) is 1.97. The van der Waals surface area contributed by atoms with Crippen LogP contribution in [0.3, 0.4) is 0 Å². The zero-order valence-corrected chi connectivity index (χ0v) is 11.7. The van der Waals surface area contributed by atoms with Gasteiger partial charge in [0.1, 0.15) is 0 Å². The van der Waals surface area contributed by atoms with Gasteiger partial charge in [0.2, 0.25) is 0 Å². The van der Waals surface area contributed by atoms with E-state index in [1.54, 1.807) is 17.4 Å². The van der Waals surface area contributed by atoms with E-state index in [4.69, 9.17) is 0 Å². The molecule has 2 rings (SSSR count). The molecule has 0 radical (unpaired) electrons. The highest BCUT2D eigenvalue weighted by Crippen LogP contribution is 2.14. The van der Waals surface area contributed by atoms with Crippen LogP contribution in [0.2, 0.25) is 0 Å². The summed E-state index contributed by atoms with van der Waals surface area (Å²) in [5.41, 5.74) is 1.81. The van der Waals surface area contributed by atoms with Crippen LogP contribution in [-0.2, 0) is 12.8 Å². The zero-order valence-electron chi connectivity index (χ0n) is 10.9. The summed E-state index contributed by atoms with van der Waals surface area (Å²) < 4.78 is 26.0. The van der Waals surface area contributed by atoms with Gasteiger partial charge in [-0.25, -0.2) is 13.8 Å². The molecule has 1 aromatic carbocycles. The van der Waals surface area contributed by atoms with Crippen molar-refractivity contribution in [2.24, 2.45) is 0 Å². The van der Waals surface area contributed by atoms with Crippen LogP contribution in [0, 0.1) is 18.6 Å². The number of thiazole rings is 1. The van der Waals surface area contributed by atoms with Crippen molar-refractivity contribution in [2.45, 2.75) is 25.8 Å². The lowest BCUT2D eigenvalue weighted by atomic mass is 10.0. The standard InChI is InChI=1S/C14H16F2N2S/c1-9-18-12(8-19-9)7-11(17-2)5-10-3-4-13(15)14(16)6-10/h3-4,6,8,11,17H,5,7H2,1-2H3. The molecule has 5 heteroatoms. The van der Waals surface area contributed by atoms with Crippen LogP contribution in [0.25, 0.3) is 0 Å². The lowest BCUT2D eigenvalue weighted by Crippen LogP contribution is -2.30. The maximum Gasteiger partial charge on any atom is 0.159 e. The van der Waals surface area contributed by atoms with Crippen molar-refractivity contribution in [3.05, 3.63) is 51.5 Å². The molecule has 0 saturated carbocycles. The third-order valence-electron chi connectivity index (χ3n) is 3.00. The summed E-state index contributed by atoms with van der Waals surface area (Å²) in [5, 5.41) is 6.26. The van der Waals surface area contributed by atoms with Crippen LogP contribution in [-0.4, -0.2) is 18.1 Å². The van der Waals surface area contributed by atoms with Crippen molar-refractivity contribution >= 4 is 11.3 Å². The topological polar surface area (TPSA) is 24.9 Å². The monoisotopic (exact) mass is 282 g/mol. The van der Waals surface area contributed by atoms with Gasteiger partial charge in [0, 0.05) is 17.8 Å². The minimum absolute atomic E-state index is 0.159. The Labute approximate surface area is 115 Å². The van der Waals surface area contributed by atoms with E-state index in [0.29, 0.717) is 6.42 Å². The molecule has 2 nitrogen and oxygen atoms in total. The van der Waals surface area contributed by atoms with Crippen molar-refractivity contribution in [3.8, 4) is 0 Å². The number of aromatic nitrogens is 1. The molecule has 0 saturated heterocycles. The van der Waals surface area contributed by atoms with Crippen molar-refractivity contribution < 1.29 is 8.78 Å². The molecule has 0 aliphatic heterocycles. The molecule has 1 unspecified atom stereocenters. The predicted molar refractivity (Wildman–Crippen MR) is 73.5 cm³/mol. The van der Waals surface area contributed by atoms with Gasteiger partial charge in [-0.2, -0.15) is 0 Å². The third kappa shape index (κ3) is 3.81. The smallest absolute Gasteiger partial charge is 0.159 e. The average Bonchev–Trinajstić information content (AvgIpc) is 2.78. The number of aryl methyl sites for hydroxylation is 1. The molecule has 102 valence electrons. The van der Waals surface area contributed by atoms with Gasteiger partial charge in [0.15, 0.2) is 11.6 Å². The lowest BCUT2D eigenvalue weighted by Gasteiger charge is -2.15. The normalized spacial score (nSPS) is 12.6. The van der Waals surface area contributed by atoms with E-state index in [2.05, 4.69) is 10.3 Å². The Hall–Kier alpha value is -1.33. The Bertz CT molecular complexity index is 554. The highest BCUT2D eigenvalue weighted by atomic mass is 32.1. The number of nitrogens with one attached hydrogen (secondary N) is 1. The number of nitrogens with zero attached hydrogens (tertiary/aromatic N) is 1. The summed E-state index contributed by atoms with van der Waals surface area (Å²) in [4.78, 5) is 4.42. The second-order valence-electron chi connectivity index (χ2n) is 4.50. The molecular formula is C14H16F2N2S. The summed E-state index contributed by atoms with van der Waals surface area (Å²) in [6, 6.07) is 4.21. The molecule has 19 heavy (non-hydrogen) atoms. The summed E-state index contributed by atoms with van der Waals surface area (Å²) in [7, 11) is 1.86. The van der Waals surface area contributed by atoms with Crippen LogP contribution < -0.4 is 5.32 Å². The molecular weight excluding hydrogens is 266 g/mol. The van der Waals surface area contributed by atoms with Crippen molar-refractivity contribution in [1.29, 1.82) is 0 Å². The van der Waals surface area contributed by atoms with Crippen molar-refractivity contribution in [3.63, 3.8) is 0 Å². The molecule has 0 aliphatic carbocycles. The van der Waals surface area contributed by atoms with Gasteiger partial charge < -0.3 is 5.32 Å². The predicted octanol–water partition coefficient (Wildman–Crippen LogP) is 3.10. The minimum atomic E-state index is -0.806. The molecule has 0 bridgehead atoms. The van der Waals surface area contributed by atoms with E-state index in [0.717, 1.165) is 22.7 Å². The fourth-order valence-corrected chi connectivity index (χ4v) is 2.61. The fraction of sp³-hybridized carbons (Fsp3) is 0.357. The van der Waals surface area contributed by atoms with Gasteiger partial charge in [-0.3, -0.25) is 0 Å². The first-order valence-corrected chi connectivity index (χ1v) is 6.98. The van der Waals surface area contributed by atoms with E-state index in [1.165, 1.54) is 12.1 Å². The summed E-state index contributed by atoms with van der Waals surface area (Å²) in [5.74, 6) is -1.60. The quantitative estimate of drug-likeness (QED) is 0.911. The second-order valence-corrected chi connectivity index (χ2v) is 5.56. The number of hydrogen-bond acceptors (Lipinski definition) is 3. The number of halogens is 2. The SMILES string of the molecule is CNC(Cc1ccc(F)c(F)c1)Cc1csc(C)n1. The first-order chi connectivity index (χ1) is 9.08. The zero-order chi connectivity index (χ0) is 13.8. The van der Waals surface area contributed by atoms with Gasteiger partial charge >= 0.3 is 0 Å². The number of hydrogen-bond donors (Lipinski definition) is 1. The van der Waals surface area contributed by atoms with Crippen LogP contribution >= 0.6 is 11.3 Å². The minimum Gasteiger partial charge on any atom is -0.316 e.